The molecule has 1 saturated heterocycles. The van der Waals surface area contributed by atoms with Crippen molar-refractivity contribution in [3.05, 3.63) is 41.6 Å². The van der Waals surface area contributed by atoms with E-state index >= 15 is 0 Å². The Morgan fingerprint density at radius 2 is 2.19 bits per heavy atom. The summed E-state index contributed by atoms with van der Waals surface area (Å²) in [6.45, 7) is 4.30. The Labute approximate surface area is 184 Å². The molecular weight excluding hydrogens is 392 g/mol. The molecular formula is C24H30N4O3. The topological polar surface area (TPSA) is 78.7 Å². The van der Waals surface area contributed by atoms with Gasteiger partial charge in [0.1, 0.15) is 5.75 Å². The largest absolute Gasteiger partial charge is 0.483 e. The molecule has 2 heterocycles. The van der Waals surface area contributed by atoms with Crippen LogP contribution in [0.4, 0.5) is 0 Å². The molecule has 1 unspecified atom stereocenters. The van der Waals surface area contributed by atoms with Gasteiger partial charge in [-0.1, -0.05) is 0 Å². The number of likely N-dealkylation sites (tertiary alicyclic amines) is 1. The van der Waals surface area contributed by atoms with Gasteiger partial charge >= 0.3 is 0 Å². The minimum atomic E-state index is -0.0918. The number of carbonyl (C=O) groups is 1. The monoisotopic (exact) mass is 422 g/mol. The van der Waals surface area contributed by atoms with E-state index in [1.807, 2.05) is 25.1 Å². The highest BCUT2D eigenvalue weighted by atomic mass is 16.5. The van der Waals surface area contributed by atoms with Crippen molar-refractivity contribution in [3.63, 3.8) is 0 Å². The summed E-state index contributed by atoms with van der Waals surface area (Å²) in [6.07, 6.45) is 3.65. The normalized spacial score (nSPS) is 16.4. The second-order valence-corrected chi connectivity index (χ2v) is 8.12. The number of nitrogens with zero attached hydrogens (tertiary/aromatic N) is 4. The number of rotatable bonds is 7. The molecule has 1 amide bonds. The van der Waals surface area contributed by atoms with Gasteiger partial charge in [0.25, 0.3) is 5.91 Å². The molecule has 0 radical (unpaired) electrons. The van der Waals surface area contributed by atoms with Crippen LogP contribution in [0.15, 0.2) is 30.5 Å². The van der Waals surface area contributed by atoms with Gasteiger partial charge in [-0.2, -0.15) is 5.26 Å². The summed E-state index contributed by atoms with van der Waals surface area (Å²) in [5, 5.41) is 9.36. The molecule has 31 heavy (non-hydrogen) atoms. The Morgan fingerprint density at radius 1 is 1.39 bits per heavy atom. The standard InChI is InChI=1S/C24H30N4O3/c1-17-11-19(21-8-5-9-26-24(21)30-4)12-20(23(17)31-16-22(29)27(2)3)15-28-10-6-7-18(13-25)14-28/h5,8-9,11-12,18H,6-7,10,14-16H2,1-4H3. The Morgan fingerprint density at radius 3 is 2.90 bits per heavy atom. The molecule has 1 aliphatic heterocycles. The van der Waals surface area contributed by atoms with E-state index < -0.39 is 0 Å². The van der Waals surface area contributed by atoms with E-state index in [0.29, 0.717) is 12.4 Å². The molecule has 0 N–H and O–H groups in total. The third kappa shape index (κ3) is 5.53. The van der Waals surface area contributed by atoms with Crippen LogP contribution in [0, 0.1) is 24.2 Å². The van der Waals surface area contributed by atoms with Gasteiger partial charge in [0, 0.05) is 44.5 Å². The number of amides is 1. The summed E-state index contributed by atoms with van der Waals surface area (Å²) in [5.41, 5.74) is 3.82. The fraction of sp³-hybridized carbons (Fsp3) is 0.458. The van der Waals surface area contributed by atoms with Gasteiger partial charge in [-0.3, -0.25) is 9.69 Å². The maximum atomic E-state index is 12.1. The zero-order valence-electron chi connectivity index (χ0n) is 18.7. The van der Waals surface area contributed by atoms with E-state index in [1.54, 1.807) is 27.4 Å². The van der Waals surface area contributed by atoms with E-state index in [9.17, 15) is 10.1 Å². The summed E-state index contributed by atoms with van der Waals surface area (Å²) < 4.78 is 11.5. The van der Waals surface area contributed by atoms with Crippen molar-refractivity contribution in [2.24, 2.45) is 5.92 Å². The highest BCUT2D eigenvalue weighted by molar-refractivity contribution is 5.77. The summed E-state index contributed by atoms with van der Waals surface area (Å²) in [5.74, 6) is 1.25. The van der Waals surface area contributed by atoms with Crippen molar-refractivity contribution in [2.75, 3.05) is 40.9 Å². The van der Waals surface area contributed by atoms with Crippen molar-refractivity contribution in [1.82, 2.24) is 14.8 Å². The molecule has 0 bridgehead atoms. The van der Waals surface area contributed by atoms with Crippen LogP contribution in [0.1, 0.15) is 24.0 Å². The summed E-state index contributed by atoms with van der Waals surface area (Å²) in [7, 11) is 5.04. The smallest absolute Gasteiger partial charge is 0.259 e. The molecule has 1 fully saturated rings. The minimum absolute atomic E-state index is 0.0166. The van der Waals surface area contributed by atoms with Crippen molar-refractivity contribution < 1.29 is 14.3 Å². The fourth-order valence-electron chi connectivity index (χ4n) is 3.91. The van der Waals surface area contributed by atoms with Gasteiger partial charge in [0.05, 0.1) is 19.1 Å². The van der Waals surface area contributed by atoms with Gasteiger partial charge in [0.2, 0.25) is 5.88 Å². The third-order valence-corrected chi connectivity index (χ3v) is 5.55. The molecule has 1 atom stereocenters. The minimum Gasteiger partial charge on any atom is -0.483 e. The molecule has 1 aromatic heterocycles. The average Bonchev–Trinajstić information content (AvgIpc) is 2.78. The first-order chi connectivity index (χ1) is 14.9. The van der Waals surface area contributed by atoms with Gasteiger partial charge < -0.3 is 14.4 Å². The van der Waals surface area contributed by atoms with Gasteiger partial charge in [-0.25, -0.2) is 4.98 Å². The van der Waals surface area contributed by atoms with Crippen LogP contribution in [0.25, 0.3) is 11.1 Å². The first-order valence-electron chi connectivity index (χ1n) is 10.5. The molecule has 164 valence electrons. The molecule has 0 spiro atoms. The lowest BCUT2D eigenvalue weighted by Gasteiger charge is -2.30. The van der Waals surface area contributed by atoms with Crippen molar-refractivity contribution in [2.45, 2.75) is 26.3 Å². The van der Waals surface area contributed by atoms with E-state index in [1.165, 1.54) is 4.90 Å². The number of methoxy groups -OCH3 is 1. The molecule has 7 heteroatoms. The van der Waals surface area contributed by atoms with Crippen molar-refractivity contribution in [1.29, 1.82) is 5.26 Å². The number of ether oxygens (including phenoxy) is 2. The third-order valence-electron chi connectivity index (χ3n) is 5.55. The number of benzene rings is 1. The molecule has 3 rings (SSSR count). The fourth-order valence-corrected chi connectivity index (χ4v) is 3.91. The average molecular weight is 423 g/mol. The van der Waals surface area contributed by atoms with Crippen LogP contribution in [-0.4, -0.2) is 61.6 Å². The quantitative estimate of drug-likeness (QED) is 0.681. The van der Waals surface area contributed by atoms with Gasteiger partial charge in [0.15, 0.2) is 6.61 Å². The lowest BCUT2D eigenvalue weighted by atomic mass is 9.96. The second-order valence-electron chi connectivity index (χ2n) is 8.12. The Kier molecular flexibility index (Phi) is 7.48. The van der Waals surface area contributed by atoms with Crippen LogP contribution < -0.4 is 9.47 Å². The highest BCUT2D eigenvalue weighted by Gasteiger charge is 2.22. The zero-order chi connectivity index (χ0) is 22.4. The van der Waals surface area contributed by atoms with E-state index in [2.05, 4.69) is 22.0 Å². The first kappa shape index (κ1) is 22.6. The lowest BCUT2D eigenvalue weighted by Crippen LogP contribution is -2.34. The van der Waals surface area contributed by atoms with Crippen LogP contribution in [0.5, 0.6) is 11.6 Å². The SMILES string of the molecule is COc1ncccc1-c1cc(C)c(OCC(=O)N(C)C)c(CN2CCCC(C#N)C2)c1. The Bertz CT molecular complexity index is 968. The van der Waals surface area contributed by atoms with Gasteiger partial charge in [-0.05, 0) is 61.7 Å². The molecule has 0 saturated carbocycles. The van der Waals surface area contributed by atoms with E-state index in [4.69, 9.17) is 9.47 Å². The number of aryl methyl sites for hydroxylation is 1. The second kappa shape index (κ2) is 10.3. The number of carbonyl (C=O) groups excluding carboxylic acids is 1. The predicted molar refractivity (Wildman–Crippen MR) is 119 cm³/mol. The maximum Gasteiger partial charge on any atom is 0.259 e. The number of likely N-dealkylation sites (N-methyl/N-ethyl adjacent to an activating group) is 1. The number of hydrogen-bond acceptors (Lipinski definition) is 6. The molecule has 1 aliphatic rings. The highest BCUT2D eigenvalue weighted by Crippen LogP contribution is 2.35. The summed E-state index contributed by atoms with van der Waals surface area (Å²) >= 11 is 0. The molecule has 2 aromatic rings. The number of pyridine rings is 1. The Balaban J connectivity index is 1.97. The number of aromatic nitrogens is 1. The van der Waals surface area contributed by atoms with Crippen LogP contribution >= 0.6 is 0 Å². The van der Waals surface area contributed by atoms with E-state index in [-0.39, 0.29) is 18.4 Å². The maximum absolute atomic E-state index is 12.1. The number of hydrogen-bond donors (Lipinski definition) is 0. The van der Waals surface area contributed by atoms with Crippen molar-refractivity contribution in [3.8, 4) is 28.8 Å². The number of piperidine rings is 1. The first-order valence-corrected chi connectivity index (χ1v) is 10.5. The van der Waals surface area contributed by atoms with Gasteiger partial charge in [-0.15, -0.1) is 0 Å². The molecule has 1 aromatic carbocycles. The van der Waals surface area contributed by atoms with E-state index in [0.717, 1.165) is 53.9 Å². The predicted octanol–water partition coefficient (Wildman–Crippen LogP) is 3.27. The Hall–Kier alpha value is -3.11. The summed E-state index contributed by atoms with van der Waals surface area (Å²) in [4.78, 5) is 20.2. The van der Waals surface area contributed by atoms with Crippen LogP contribution in [0.3, 0.4) is 0 Å². The zero-order valence-corrected chi connectivity index (χ0v) is 18.7. The van der Waals surface area contributed by atoms with Crippen LogP contribution in [0.2, 0.25) is 0 Å². The lowest BCUT2D eigenvalue weighted by molar-refractivity contribution is -0.130. The summed E-state index contributed by atoms with van der Waals surface area (Å²) in [6, 6.07) is 10.4. The molecule has 0 aliphatic carbocycles. The van der Waals surface area contributed by atoms with Crippen molar-refractivity contribution >= 4 is 5.91 Å². The molecule has 7 nitrogen and oxygen atoms in total. The van der Waals surface area contributed by atoms with Crippen LogP contribution in [-0.2, 0) is 11.3 Å². The number of nitriles is 1.